The Bertz CT molecular complexity index is 322. The lowest BCUT2D eigenvalue weighted by atomic mass is 9.94. The fourth-order valence-electron chi connectivity index (χ4n) is 1.53. The van der Waals surface area contributed by atoms with Crippen LogP contribution in [0.1, 0.15) is 20.8 Å². The quantitative estimate of drug-likeness (QED) is 0.532. The Hall–Kier alpha value is -1.30. The average Bonchev–Trinajstić information content (AvgIpc) is 2.41. The molecule has 0 heteroatoms. The van der Waals surface area contributed by atoms with Crippen LogP contribution in [0.4, 0.5) is 0 Å². The second-order valence-corrected chi connectivity index (χ2v) is 3.21. The molecule has 0 N–H and O–H groups in total. The molecule has 0 aliphatic heterocycles. The molecular weight excluding hydrogens is 168 g/mol. The smallest absolute Gasteiger partial charge is 0.0204 e. The van der Waals surface area contributed by atoms with Gasteiger partial charge in [-0.25, -0.2) is 0 Å². The van der Waals surface area contributed by atoms with E-state index in [4.69, 9.17) is 0 Å². The molecule has 0 saturated heterocycles. The lowest BCUT2D eigenvalue weighted by Crippen LogP contribution is -1.96. The summed E-state index contributed by atoms with van der Waals surface area (Å²) in [4.78, 5) is 0. The van der Waals surface area contributed by atoms with Crippen LogP contribution in [-0.2, 0) is 0 Å². The summed E-state index contributed by atoms with van der Waals surface area (Å²) in [5, 5.41) is 0. The molecule has 0 aromatic rings. The van der Waals surface area contributed by atoms with Gasteiger partial charge in [0.2, 0.25) is 0 Å². The number of fused-ring (bicyclic) bond motifs is 1. The predicted octanol–water partition coefficient (Wildman–Crippen LogP) is 4.20. The van der Waals surface area contributed by atoms with E-state index in [-0.39, 0.29) is 0 Å². The third-order valence-electron chi connectivity index (χ3n) is 2.18. The molecule has 0 nitrogen and oxygen atoms in total. The normalized spacial score (nSPS) is 22.6. The van der Waals surface area contributed by atoms with Crippen LogP contribution in [0.2, 0.25) is 0 Å². The van der Waals surface area contributed by atoms with Crippen LogP contribution in [0, 0.1) is 5.92 Å². The number of rotatable bonds is 0. The van der Waals surface area contributed by atoms with Crippen molar-refractivity contribution in [2.45, 2.75) is 20.8 Å². The first-order valence-electron chi connectivity index (χ1n) is 5.28. The maximum Gasteiger partial charge on any atom is 0.0204 e. The van der Waals surface area contributed by atoms with E-state index in [9.17, 15) is 0 Å². The zero-order valence-corrected chi connectivity index (χ0v) is 9.20. The second-order valence-electron chi connectivity index (χ2n) is 3.21. The van der Waals surface area contributed by atoms with Crippen molar-refractivity contribution in [2.24, 2.45) is 5.92 Å². The Morgan fingerprint density at radius 2 is 1.71 bits per heavy atom. The molecule has 1 atom stereocenters. The third-order valence-corrected chi connectivity index (χ3v) is 2.18. The zero-order valence-electron chi connectivity index (χ0n) is 9.20. The summed E-state index contributed by atoms with van der Waals surface area (Å²) in [6.07, 6.45) is 17.3. The SMILES string of the molecule is CC.CC1=CC=CC2C=CC=CC2=C1. The molecule has 74 valence electrons. The van der Waals surface area contributed by atoms with Gasteiger partial charge in [-0.3, -0.25) is 0 Å². The van der Waals surface area contributed by atoms with Gasteiger partial charge in [0.25, 0.3) is 0 Å². The fraction of sp³-hybridized carbons (Fsp3) is 0.286. The minimum absolute atomic E-state index is 0.490. The van der Waals surface area contributed by atoms with Gasteiger partial charge in [0.1, 0.15) is 0 Å². The van der Waals surface area contributed by atoms with Crippen LogP contribution in [-0.4, -0.2) is 0 Å². The van der Waals surface area contributed by atoms with Crippen molar-refractivity contribution in [3.8, 4) is 0 Å². The Kier molecular flexibility index (Phi) is 4.18. The standard InChI is InChI=1S/C12H12.C2H6/c1-10-5-4-8-11-6-2-3-7-12(11)9-10;1-2/h2-9,11H,1H3;1-2H3. The molecule has 14 heavy (non-hydrogen) atoms. The van der Waals surface area contributed by atoms with Crippen LogP contribution in [0.5, 0.6) is 0 Å². The highest BCUT2D eigenvalue weighted by Crippen LogP contribution is 2.23. The van der Waals surface area contributed by atoms with E-state index >= 15 is 0 Å². The largest absolute Gasteiger partial charge is 0.0732 e. The molecule has 1 unspecified atom stereocenters. The number of hydrogen-bond acceptors (Lipinski definition) is 0. The number of allylic oxidation sites excluding steroid dienone is 10. The molecule has 0 amide bonds. The summed E-state index contributed by atoms with van der Waals surface area (Å²) in [6.45, 7) is 6.13. The third kappa shape index (κ3) is 2.59. The van der Waals surface area contributed by atoms with Crippen LogP contribution in [0.25, 0.3) is 0 Å². The van der Waals surface area contributed by atoms with Crippen molar-refractivity contribution >= 4 is 0 Å². The van der Waals surface area contributed by atoms with Gasteiger partial charge in [0, 0.05) is 5.92 Å². The van der Waals surface area contributed by atoms with E-state index in [0.29, 0.717) is 5.92 Å². The molecule has 2 aliphatic rings. The van der Waals surface area contributed by atoms with E-state index in [0.717, 1.165) is 0 Å². The van der Waals surface area contributed by atoms with Gasteiger partial charge in [-0.05, 0) is 12.5 Å². The van der Waals surface area contributed by atoms with Crippen molar-refractivity contribution in [1.29, 1.82) is 0 Å². The molecule has 0 saturated carbocycles. The Morgan fingerprint density at radius 3 is 2.50 bits per heavy atom. The van der Waals surface area contributed by atoms with E-state index < -0.39 is 0 Å². The van der Waals surface area contributed by atoms with E-state index in [1.165, 1.54) is 11.1 Å². The van der Waals surface area contributed by atoms with E-state index in [2.05, 4.69) is 55.5 Å². The van der Waals surface area contributed by atoms with E-state index in [1.54, 1.807) is 0 Å². The molecule has 0 spiro atoms. The van der Waals surface area contributed by atoms with Gasteiger partial charge in [-0.2, -0.15) is 0 Å². The maximum absolute atomic E-state index is 2.24. The molecule has 0 bridgehead atoms. The van der Waals surface area contributed by atoms with Crippen molar-refractivity contribution in [1.82, 2.24) is 0 Å². The Balaban J connectivity index is 0.000000461. The number of hydrogen-bond donors (Lipinski definition) is 0. The zero-order chi connectivity index (χ0) is 10.4. The fourth-order valence-corrected chi connectivity index (χ4v) is 1.53. The average molecular weight is 186 g/mol. The molecule has 2 rings (SSSR count). The van der Waals surface area contributed by atoms with Gasteiger partial charge in [0.05, 0.1) is 0 Å². The Labute approximate surface area is 87.0 Å². The van der Waals surface area contributed by atoms with Gasteiger partial charge >= 0.3 is 0 Å². The van der Waals surface area contributed by atoms with Crippen molar-refractivity contribution in [2.75, 3.05) is 0 Å². The van der Waals surface area contributed by atoms with Crippen molar-refractivity contribution in [3.63, 3.8) is 0 Å². The molecule has 0 fully saturated rings. The van der Waals surface area contributed by atoms with Crippen LogP contribution < -0.4 is 0 Å². The molecule has 0 radical (unpaired) electrons. The molecule has 0 aromatic heterocycles. The monoisotopic (exact) mass is 186 g/mol. The summed E-state index contributed by atoms with van der Waals surface area (Å²) >= 11 is 0. The maximum atomic E-state index is 2.24. The molecule has 0 aromatic carbocycles. The van der Waals surface area contributed by atoms with Gasteiger partial charge in [-0.1, -0.05) is 68.0 Å². The summed E-state index contributed by atoms with van der Waals surface area (Å²) < 4.78 is 0. The molecule has 2 aliphatic carbocycles. The van der Waals surface area contributed by atoms with Gasteiger partial charge in [-0.15, -0.1) is 0 Å². The predicted molar refractivity (Wildman–Crippen MR) is 64.1 cm³/mol. The highest BCUT2D eigenvalue weighted by molar-refractivity contribution is 5.43. The van der Waals surface area contributed by atoms with Crippen molar-refractivity contribution in [3.05, 3.63) is 59.8 Å². The van der Waals surface area contributed by atoms with Gasteiger partial charge < -0.3 is 0 Å². The second kappa shape index (κ2) is 5.43. The Morgan fingerprint density at radius 1 is 1.00 bits per heavy atom. The van der Waals surface area contributed by atoms with Crippen molar-refractivity contribution < 1.29 is 0 Å². The van der Waals surface area contributed by atoms with E-state index in [1.807, 2.05) is 13.8 Å². The minimum atomic E-state index is 0.490. The van der Waals surface area contributed by atoms with Crippen LogP contribution >= 0.6 is 0 Å². The van der Waals surface area contributed by atoms with Crippen LogP contribution in [0.3, 0.4) is 0 Å². The molecule has 0 heterocycles. The van der Waals surface area contributed by atoms with Crippen LogP contribution in [0.15, 0.2) is 59.8 Å². The summed E-state index contributed by atoms with van der Waals surface area (Å²) in [7, 11) is 0. The first kappa shape index (κ1) is 10.8. The topological polar surface area (TPSA) is 0 Å². The molecular formula is C14H18. The highest BCUT2D eigenvalue weighted by atomic mass is 14.1. The highest BCUT2D eigenvalue weighted by Gasteiger charge is 2.08. The summed E-state index contributed by atoms with van der Waals surface area (Å²) in [5.74, 6) is 0.490. The lowest BCUT2D eigenvalue weighted by molar-refractivity contribution is 0.996. The summed E-state index contributed by atoms with van der Waals surface area (Å²) in [6, 6.07) is 0. The first-order chi connectivity index (χ1) is 6.86. The first-order valence-corrected chi connectivity index (χ1v) is 5.28. The van der Waals surface area contributed by atoms with Gasteiger partial charge in [0.15, 0.2) is 0 Å². The minimum Gasteiger partial charge on any atom is -0.0732 e. The summed E-state index contributed by atoms with van der Waals surface area (Å²) in [5.41, 5.74) is 2.71. The lowest BCUT2D eigenvalue weighted by Gasteiger charge is -2.11.